The van der Waals surface area contributed by atoms with Gasteiger partial charge in [-0.2, -0.15) is 0 Å². The van der Waals surface area contributed by atoms with E-state index in [1.165, 1.54) is 0 Å². The van der Waals surface area contributed by atoms with Crippen LogP contribution in [0.15, 0.2) is 35.8 Å². The average Bonchev–Trinajstić information content (AvgIpc) is 3.19. The summed E-state index contributed by atoms with van der Waals surface area (Å²) >= 11 is 7.52. The van der Waals surface area contributed by atoms with Crippen molar-refractivity contribution in [1.29, 1.82) is 0 Å². The number of halogens is 1. The predicted molar refractivity (Wildman–Crippen MR) is 91.7 cm³/mol. The van der Waals surface area contributed by atoms with Crippen LogP contribution < -0.4 is 0 Å². The van der Waals surface area contributed by atoms with E-state index < -0.39 is 0 Å². The van der Waals surface area contributed by atoms with Gasteiger partial charge < -0.3 is 5.11 Å². The van der Waals surface area contributed by atoms with E-state index in [9.17, 15) is 0 Å². The zero-order valence-corrected chi connectivity index (χ0v) is 14.1. The first-order chi connectivity index (χ1) is 11.2. The molecule has 0 amide bonds. The van der Waals surface area contributed by atoms with Crippen molar-refractivity contribution in [2.45, 2.75) is 25.8 Å². The smallest absolute Gasteiger partial charge is 0.123 e. The van der Waals surface area contributed by atoms with Crippen molar-refractivity contribution < 1.29 is 5.11 Å². The fourth-order valence-corrected chi connectivity index (χ4v) is 3.16. The Bertz CT molecular complexity index is 754. The van der Waals surface area contributed by atoms with Gasteiger partial charge in [0.2, 0.25) is 0 Å². The van der Waals surface area contributed by atoms with Gasteiger partial charge in [0.05, 0.1) is 17.9 Å². The average molecular weight is 349 g/mol. The number of rotatable bonds is 7. The van der Waals surface area contributed by atoms with Crippen LogP contribution in [0.3, 0.4) is 0 Å². The molecule has 2 aromatic heterocycles. The Morgan fingerprint density at radius 3 is 2.74 bits per heavy atom. The van der Waals surface area contributed by atoms with Gasteiger partial charge in [0, 0.05) is 28.8 Å². The Balaban J connectivity index is 1.64. The van der Waals surface area contributed by atoms with Crippen molar-refractivity contribution in [3.63, 3.8) is 0 Å². The lowest BCUT2D eigenvalue weighted by Gasteiger charge is -1.97. The number of benzene rings is 1. The first kappa shape index (κ1) is 16.1. The second-order valence-corrected chi connectivity index (χ2v) is 6.53. The largest absolute Gasteiger partial charge is 0.396 e. The number of aliphatic hydroxyl groups excluding tert-OH is 1. The van der Waals surface area contributed by atoms with Crippen LogP contribution in [0.2, 0.25) is 5.02 Å². The van der Waals surface area contributed by atoms with Crippen molar-refractivity contribution in [3.05, 3.63) is 52.3 Å². The summed E-state index contributed by atoms with van der Waals surface area (Å²) < 4.78 is 1.80. The van der Waals surface area contributed by atoms with E-state index in [2.05, 4.69) is 15.3 Å². The molecule has 0 fully saturated rings. The van der Waals surface area contributed by atoms with Crippen LogP contribution in [0.1, 0.15) is 24.2 Å². The van der Waals surface area contributed by atoms with Crippen LogP contribution in [-0.2, 0) is 13.0 Å². The molecule has 2 heterocycles. The normalized spacial score (nSPS) is 11.0. The first-order valence-corrected chi connectivity index (χ1v) is 8.70. The summed E-state index contributed by atoms with van der Waals surface area (Å²) in [6.07, 6.45) is 4.50. The Morgan fingerprint density at radius 2 is 1.96 bits per heavy atom. The van der Waals surface area contributed by atoms with Gasteiger partial charge in [0.1, 0.15) is 5.01 Å². The molecule has 0 aliphatic carbocycles. The Labute approximate surface area is 143 Å². The van der Waals surface area contributed by atoms with E-state index in [1.54, 1.807) is 16.0 Å². The lowest BCUT2D eigenvalue weighted by Crippen LogP contribution is -2.00. The molecule has 0 atom stereocenters. The summed E-state index contributed by atoms with van der Waals surface area (Å²) in [5.74, 6) is 0. The van der Waals surface area contributed by atoms with Crippen molar-refractivity contribution in [1.82, 2.24) is 20.0 Å². The standard InChI is InChI=1S/C16H17ClN4OS/c17-13-6-4-12(5-7-13)16-18-15(11-23-16)10-21-9-14(19-20-21)3-1-2-8-22/h4-7,9,11,22H,1-3,8,10H2. The minimum atomic E-state index is 0.223. The zero-order valence-electron chi connectivity index (χ0n) is 12.5. The Kier molecular flexibility index (Phi) is 5.38. The van der Waals surface area contributed by atoms with Crippen molar-refractivity contribution in [2.24, 2.45) is 0 Å². The molecule has 0 aliphatic heterocycles. The topological polar surface area (TPSA) is 63.8 Å². The SMILES string of the molecule is OCCCCc1cn(Cc2csc(-c3ccc(Cl)cc3)n2)nn1. The van der Waals surface area contributed by atoms with Gasteiger partial charge in [-0.05, 0) is 31.4 Å². The van der Waals surface area contributed by atoms with Gasteiger partial charge >= 0.3 is 0 Å². The molecule has 120 valence electrons. The van der Waals surface area contributed by atoms with E-state index in [0.717, 1.165) is 46.2 Å². The molecule has 1 aromatic carbocycles. The molecule has 0 saturated carbocycles. The maximum atomic E-state index is 8.80. The van der Waals surface area contributed by atoms with Crippen LogP contribution in [0, 0.1) is 0 Å². The molecule has 5 nitrogen and oxygen atoms in total. The fourth-order valence-electron chi connectivity index (χ4n) is 2.22. The van der Waals surface area contributed by atoms with Crippen LogP contribution >= 0.6 is 22.9 Å². The van der Waals surface area contributed by atoms with Crippen LogP contribution in [0.25, 0.3) is 10.6 Å². The number of nitrogens with zero attached hydrogens (tertiary/aromatic N) is 4. The minimum absolute atomic E-state index is 0.223. The number of aryl methyl sites for hydroxylation is 1. The molecule has 3 rings (SSSR count). The van der Waals surface area contributed by atoms with Crippen LogP contribution in [-0.4, -0.2) is 31.7 Å². The summed E-state index contributed by atoms with van der Waals surface area (Å²) in [5.41, 5.74) is 2.98. The van der Waals surface area contributed by atoms with Crippen molar-refractivity contribution in [2.75, 3.05) is 6.61 Å². The van der Waals surface area contributed by atoms with Crippen LogP contribution in [0.4, 0.5) is 0 Å². The molecular weight excluding hydrogens is 332 g/mol. The maximum absolute atomic E-state index is 8.80. The summed E-state index contributed by atoms with van der Waals surface area (Å²) in [7, 11) is 0. The maximum Gasteiger partial charge on any atom is 0.123 e. The quantitative estimate of drug-likeness (QED) is 0.664. The lowest BCUT2D eigenvalue weighted by atomic mass is 10.2. The zero-order chi connectivity index (χ0) is 16.1. The molecular formula is C16H17ClN4OS. The molecule has 7 heteroatoms. The molecule has 1 N–H and O–H groups in total. The first-order valence-electron chi connectivity index (χ1n) is 7.45. The number of unbranched alkanes of at least 4 members (excludes halogenated alkanes) is 1. The van der Waals surface area contributed by atoms with Crippen LogP contribution in [0.5, 0.6) is 0 Å². The molecule has 3 aromatic rings. The summed E-state index contributed by atoms with van der Waals surface area (Å²) in [6.45, 7) is 0.831. The minimum Gasteiger partial charge on any atom is -0.396 e. The molecule has 0 spiro atoms. The molecule has 0 radical (unpaired) electrons. The Hall–Kier alpha value is -1.76. The highest BCUT2D eigenvalue weighted by Crippen LogP contribution is 2.25. The summed E-state index contributed by atoms with van der Waals surface area (Å²) in [4.78, 5) is 4.64. The van der Waals surface area contributed by atoms with Gasteiger partial charge in [0.25, 0.3) is 0 Å². The molecule has 0 saturated heterocycles. The molecule has 0 unspecified atom stereocenters. The van der Waals surface area contributed by atoms with E-state index in [1.807, 2.05) is 35.8 Å². The van der Waals surface area contributed by atoms with Crippen molar-refractivity contribution >= 4 is 22.9 Å². The summed E-state index contributed by atoms with van der Waals surface area (Å²) in [5, 5.41) is 20.8. The van der Waals surface area contributed by atoms with Crippen molar-refractivity contribution in [3.8, 4) is 10.6 Å². The van der Waals surface area contributed by atoms with Gasteiger partial charge in [-0.1, -0.05) is 28.9 Å². The summed E-state index contributed by atoms with van der Waals surface area (Å²) in [6, 6.07) is 7.68. The van der Waals surface area contributed by atoms with Gasteiger partial charge in [0.15, 0.2) is 0 Å². The number of aromatic nitrogens is 4. The van der Waals surface area contributed by atoms with E-state index in [4.69, 9.17) is 16.7 Å². The van der Waals surface area contributed by atoms with E-state index >= 15 is 0 Å². The highest BCUT2D eigenvalue weighted by Gasteiger charge is 2.07. The van der Waals surface area contributed by atoms with E-state index in [-0.39, 0.29) is 6.61 Å². The number of hydrogen-bond donors (Lipinski definition) is 1. The highest BCUT2D eigenvalue weighted by molar-refractivity contribution is 7.13. The lowest BCUT2D eigenvalue weighted by molar-refractivity contribution is 0.284. The number of thiazole rings is 1. The van der Waals surface area contributed by atoms with Gasteiger partial charge in [-0.25, -0.2) is 9.67 Å². The molecule has 23 heavy (non-hydrogen) atoms. The third kappa shape index (κ3) is 4.37. The van der Waals surface area contributed by atoms with Gasteiger partial charge in [-0.3, -0.25) is 0 Å². The second kappa shape index (κ2) is 7.68. The predicted octanol–water partition coefficient (Wildman–Crippen LogP) is 3.42. The molecule has 0 aliphatic rings. The Morgan fingerprint density at radius 1 is 1.13 bits per heavy atom. The third-order valence-corrected chi connectivity index (χ3v) is 4.59. The monoisotopic (exact) mass is 348 g/mol. The number of hydrogen-bond acceptors (Lipinski definition) is 5. The van der Waals surface area contributed by atoms with Gasteiger partial charge in [-0.15, -0.1) is 16.4 Å². The highest BCUT2D eigenvalue weighted by atomic mass is 35.5. The van der Waals surface area contributed by atoms with E-state index in [0.29, 0.717) is 6.54 Å². The second-order valence-electron chi connectivity index (χ2n) is 5.24. The fraction of sp³-hybridized carbons (Fsp3) is 0.312. The number of aliphatic hydroxyl groups is 1. The third-order valence-electron chi connectivity index (χ3n) is 3.39. The molecule has 0 bridgehead atoms.